The lowest BCUT2D eigenvalue weighted by atomic mass is 10.2. The molecule has 0 saturated heterocycles. The van der Waals surface area contributed by atoms with Crippen LogP contribution in [0.5, 0.6) is 0 Å². The van der Waals surface area contributed by atoms with Crippen LogP contribution in [0.2, 0.25) is 5.02 Å². The van der Waals surface area contributed by atoms with E-state index in [1.165, 1.54) is 6.33 Å². The molecule has 5 nitrogen and oxygen atoms in total. The van der Waals surface area contributed by atoms with Crippen molar-refractivity contribution < 1.29 is 0 Å². The largest absolute Gasteiger partial charge is 0.365 e. The van der Waals surface area contributed by atoms with Crippen molar-refractivity contribution in [1.82, 2.24) is 19.7 Å². The van der Waals surface area contributed by atoms with Crippen molar-refractivity contribution in [2.45, 2.75) is 6.54 Å². The van der Waals surface area contributed by atoms with E-state index in [4.69, 9.17) is 11.6 Å². The molecule has 0 aliphatic rings. The fraction of sp³-hybridized carbons (Fsp3) is 0.0556. The smallest absolute Gasteiger partial charge is 0.137 e. The van der Waals surface area contributed by atoms with Gasteiger partial charge in [-0.05, 0) is 30.3 Å². The molecule has 118 valence electrons. The summed E-state index contributed by atoms with van der Waals surface area (Å²) in [5, 5.41) is 9.34. The quantitative estimate of drug-likeness (QED) is 0.610. The Labute approximate surface area is 143 Å². The Morgan fingerprint density at radius 1 is 1.04 bits per heavy atom. The van der Waals surface area contributed by atoms with Crippen LogP contribution < -0.4 is 5.32 Å². The Morgan fingerprint density at radius 2 is 1.92 bits per heavy atom. The number of hydrogen-bond donors (Lipinski definition) is 1. The maximum absolute atomic E-state index is 6.01. The van der Waals surface area contributed by atoms with Crippen molar-refractivity contribution >= 4 is 28.3 Å². The monoisotopic (exact) mass is 335 g/mol. The fourth-order valence-corrected chi connectivity index (χ4v) is 2.70. The van der Waals surface area contributed by atoms with Crippen LogP contribution in [0.25, 0.3) is 16.6 Å². The molecule has 0 aliphatic carbocycles. The molecule has 0 aliphatic heterocycles. The number of rotatable bonds is 4. The summed E-state index contributed by atoms with van der Waals surface area (Å²) in [5.41, 5.74) is 2.92. The lowest BCUT2D eigenvalue weighted by Gasteiger charge is -2.07. The number of aromatic nitrogens is 4. The average Bonchev–Trinajstić information content (AvgIpc) is 3.09. The summed E-state index contributed by atoms with van der Waals surface area (Å²) in [6.45, 7) is 0.627. The molecule has 1 N–H and O–H groups in total. The molecule has 0 radical (unpaired) electrons. The van der Waals surface area contributed by atoms with Gasteiger partial charge in [-0.15, -0.1) is 0 Å². The van der Waals surface area contributed by atoms with E-state index < -0.39 is 0 Å². The molecule has 2 aromatic carbocycles. The van der Waals surface area contributed by atoms with Crippen molar-refractivity contribution in [3.63, 3.8) is 0 Å². The minimum Gasteiger partial charge on any atom is -0.365 e. The highest BCUT2D eigenvalue weighted by molar-refractivity contribution is 6.31. The van der Waals surface area contributed by atoms with Crippen LogP contribution in [0.15, 0.2) is 67.3 Å². The van der Waals surface area contributed by atoms with Gasteiger partial charge in [0, 0.05) is 28.7 Å². The van der Waals surface area contributed by atoms with Gasteiger partial charge in [-0.25, -0.2) is 14.6 Å². The van der Waals surface area contributed by atoms with Crippen LogP contribution in [-0.4, -0.2) is 19.7 Å². The van der Waals surface area contributed by atoms with Crippen LogP contribution in [0, 0.1) is 0 Å². The Kier molecular flexibility index (Phi) is 3.84. The molecule has 0 saturated carbocycles. The van der Waals surface area contributed by atoms with Crippen LogP contribution in [0.4, 0.5) is 5.82 Å². The van der Waals surface area contributed by atoms with Crippen LogP contribution in [0.1, 0.15) is 5.56 Å². The Morgan fingerprint density at radius 3 is 2.79 bits per heavy atom. The zero-order valence-electron chi connectivity index (χ0n) is 12.7. The highest BCUT2D eigenvalue weighted by Crippen LogP contribution is 2.23. The van der Waals surface area contributed by atoms with Crippen molar-refractivity contribution in [1.29, 1.82) is 0 Å². The van der Waals surface area contributed by atoms with Crippen molar-refractivity contribution in [2.24, 2.45) is 0 Å². The van der Waals surface area contributed by atoms with Gasteiger partial charge in [0.25, 0.3) is 0 Å². The summed E-state index contributed by atoms with van der Waals surface area (Å²) in [7, 11) is 0. The normalized spacial score (nSPS) is 10.9. The third kappa shape index (κ3) is 2.94. The van der Waals surface area contributed by atoms with Gasteiger partial charge in [0.1, 0.15) is 12.1 Å². The molecule has 0 unspecified atom stereocenters. The number of para-hydroxylation sites is 1. The van der Waals surface area contributed by atoms with Gasteiger partial charge in [0.05, 0.1) is 17.4 Å². The predicted octanol–water partition coefficient (Wildman–Crippen LogP) is 4.08. The maximum atomic E-state index is 6.01. The van der Waals surface area contributed by atoms with E-state index >= 15 is 0 Å². The summed E-state index contributed by atoms with van der Waals surface area (Å²) < 4.78 is 1.86. The molecule has 6 heteroatoms. The zero-order valence-corrected chi connectivity index (χ0v) is 13.5. The molecule has 0 fully saturated rings. The van der Waals surface area contributed by atoms with E-state index in [-0.39, 0.29) is 0 Å². The molecule has 2 heterocycles. The first-order valence-corrected chi connectivity index (χ1v) is 7.90. The number of anilines is 1. The number of fused-ring (bicyclic) bond motifs is 1. The summed E-state index contributed by atoms with van der Waals surface area (Å²) >= 11 is 6.01. The van der Waals surface area contributed by atoms with Gasteiger partial charge in [-0.1, -0.05) is 29.8 Å². The van der Waals surface area contributed by atoms with Gasteiger partial charge in [0.2, 0.25) is 0 Å². The lowest BCUT2D eigenvalue weighted by molar-refractivity contribution is 0.880. The minimum absolute atomic E-state index is 0.627. The van der Waals surface area contributed by atoms with E-state index in [1.807, 2.05) is 65.6 Å². The first-order chi connectivity index (χ1) is 11.8. The van der Waals surface area contributed by atoms with Crippen LogP contribution >= 0.6 is 11.6 Å². The first kappa shape index (κ1) is 14.7. The maximum Gasteiger partial charge on any atom is 0.137 e. The second-order valence-corrected chi connectivity index (χ2v) is 5.80. The number of nitrogens with one attached hydrogen (secondary N) is 1. The van der Waals surface area contributed by atoms with Gasteiger partial charge < -0.3 is 5.32 Å². The second kappa shape index (κ2) is 6.29. The first-order valence-electron chi connectivity index (χ1n) is 7.53. The van der Waals surface area contributed by atoms with Crippen molar-refractivity contribution in [2.75, 3.05) is 5.32 Å². The molecule has 4 aromatic rings. The molecule has 24 heavy (non-hydrogen) atoms. The molecule has 0 bridgehead atoms. The van der Waals surface area contributed by atoms with Gasteiger partial charge in [-0.2, -0.15) is 5.10 Å². The van der Waals surface area contributed by atoms with Crippen LogP contribution in [0.3, 0.4) is 0 Å². The summed E-state index contributed by atoms with van der Waals surface area (Å²) in [4.78, 5) is 8.57. The van der Waals surface area contributed by atoms with E-state index in [0.717, 1.165) is 28.0 Å². The fourth-order valence-electron chi connectivity index (χ4n) is 2.53. The topological polar surface area (TPSA) is 55.6 Å². The van der Waals surface area contributed by atoms with E-state index in [0.29, 0.717) is 11.6 Å². The predicted molar refractivity (Wildman–Crippen MR) is 95.4 cm³/mol. The molecule has 0 atom stereocenters. The summed E-state index contributed by atoms with van der Waals surface area (Å²) in [6, 6.07) is 15.6. The number of hydrogen-bond acceptors (Lipinski definition) is 4. The number of nitrogens with zero attached hydrogens (tertiary/aromatic N) is 4. The zero-order chi connectivity index (χ0) is 16.4. The molecule has 2 aromatic heterocycles. The SMILES string of the molecule is Clc1ccc2c(NCc3cnn(-c4ccccc4)c3)ncnc2c1. The van der Waals surface area contributed by atoms with Gasteiger partial charge in [-0.3, -0.25) is 0 Å². The minimum atomic E-state index is 0.627. The Hall–Kier alpha value is -2.92. The Bertz CT molecular complexity index is 981. The standard InChI is InChI=1S/C18H14ClN5/c19-14-6-7-16-17(8-14)21-12-22-18(16)20-9-13-10-23-24(11-13)15-4-2-1-3-5-15/h1-8,10-12H,9H2,(H,20,21,22). The van der Waals surface area contributed by atoms with E-state index in [1.54, 1.807) is 0 Å². The van der Waals surface area contributed by atoms with Gasteiger partial charge >= 0.3 is 0 Å². The van der Waals surface area contributed by atoms with Crippen LogP contribution in [-0.2, 0) is 6.54 Å². The number of halogens is 1. The van der Waals surface area contributed by atoms with Gasteiger partial charge in [0.15, 0.2) is 0 Å². The Balaban J connectivity index is 1.55. The number of benzene rings is 2. The molecular weight excluding hydrogens is 322 g/mol. The molecule has 4 rings (SSSR count). The highest BCUT2D eigenvalue weighted by Gasteiger charge is 2.05. The highest BCUT2D eigenvalue weighted by atomic mass is 35.5. The molecule has 0 spiro atoms. The summed E-state index contributed by atoms with van der Waals surface area (Å²) in [6.07, 6.45) is 5.39. The van der Waals surface area contributed by atoms with Crippen molar-refractivity contribution in [3.05, 3.63) is 77.8 Å². The molecule has 0 amide bonds. The van der Waals surface area contributed by atoms with Crippen molar-refractivity contribution in [3.8, 4) is 5.69 Å². The van der Waals surface area contributed by atoms with E-state index in [9.17, 15) is 0 Å². The second-order valence-electron chi connectivity index (χ2n) is 5.37. The average molecular weight is 336 g/mol. The third-order valence-electron chi connectivity index (χ3n) is 3.72. The molecular formula is C18H14ClN5. The summed E-state index contributed by atoms with van der Waals surface area (Å²) in [5.74, 6) is 0.782. The van der Waals surface area contributed by atoms with E-state index in [2.05, 4.69) is 20.4 Å². The third-order valence-corrected chi connectivity index (χ3v) is 3.95. The lowest BCUT2D eigenvalue weighted by Crippen LogP contribution is -2.02.